The fraction of sp³-hybridized carbons (Fsp3) is 0.417. The van der Waals surface area contributed by atoms with Crippen molar-refractivity contribution in [3.05, 3.63) is 34.3 Å². The largest absolute Gasteiger partial charge is 0.355 e. The van der Waals surface area contributed by atoms with Crippen LogP contribution in [0.4, 0.5) is 0 Å². The van der Waals surface area contributed by atoms with E-state index in [-0.39, 0.29) is 5.91 Å². The Morgan fingerprint density at radius 1 is 1.38 bits per heavy atom. The number of amides is 1. The molecule has 0 aliphatic rings. The Bertz CT molecular complexity index is 342. The Hall–Kier alpha value is -0.870. The lowest BCUT2D eigenvalue weighted by Crippen LogP contribution is -2.32. The zero-order valence-electron chi connectivity index (χ0n) is 9.42. The molecule has 1 rings (SSSR count). The molecule has 16 heavy (non-hydrogen) atoms. The summed E-state index contributed by atoms with van der Waals surface area (Å²) in [5.74, 6) is 0.0657. The first kappa shape index (κ1) is 13.2. The maximum Gasteiger partial charge on any atom is 0.224 e. The number of hydrogen-bond acceptors (Lipinski definition) is 2. The molecule has 0 bridgehead atoms. The van der Waals surface area contributed by atoms with Gasteiger partial charge in [0.25, 0.3) is 0 Å². The highest BCUT2D eigenvalue weighted by Crippen LogP contribution is 2.11. The smallest absolute Gasteiger partial charge is 0.224 e. The van der Waals surface area contributed by atoms with E-state index in [2.05, 4.69) is 26.6 Å². The van der Waals surface area contributed by atoms with Gasteiger partial charge in [0.05, 0.1) is 6.42 Å². The molecule has 0 fully saturated rings. The summed E-state index contributed by atoms with van der Waals surface area (Å²) in [5, 5.41) is 6.02. The maximum absolute atomic E-state index is 11.5. The highest BCUT2D eigenvalue weighted by molar-refractivity contribution is 9.10. The van der Waals surface area contributed by atoms with Crippen LogP contribution in [0, 0.1) is 0 Å². The molecule has 0 saturated heterocycles. The second-order valence-electron chi connectivity index (χ2n) is 3.51. The second kappa shape index (κ2) is 7.41. The van der Waals surface area contributed by atoms with Gasteiger partial charge in [-0.15, -0.1) is 0 Å². The van der Waals surface area contributed by atoms with Crippen molar-refractivity contribution >= 4 is 21.8 Å². The molecule has 4 heteroatoms. The van der Waals surface area contributed by atoms with Crippen molar-refractivity contribution in [1.82, 2.24) is 10.6 Å². The van der Waals surface area contributed by atoms with E-state index < -0.39 is 0 Å². The van der Waals surface area contributed by atoms with Crippen LogP contribution in [0.2, 0.25) is 0 Å². The van der Waals surface area contributed by atoms with Crippen molar-refractivity contribution in [3.63, 3.8) is 0 Å². The normalized spacial score (nSPS) is 10.1. The van der Waals surface area contributed by atoms with Gasteiger partial charge >= 0.3 is 0 Å². The standard InChI is InChI=1S/C12H17BrN2O/c1-2-14-6-7-15-12(16)9-10-4-3-5-11(13)8-10/h3-5,8,14H,2,6-7,9H2,1H3,(H,15,16). The lowest BCUT2D eigenvalue weighted by atomic mass is 10.1. The van der Waals surface area contributed by atoms with Crippen LogP contribution >= 0.6 is 15.9 Å². The van der Waals surface area contributed by atoms with Gasteiger partial charge in [-0.2, -0.15) is 0 Å². The SMILES string of the molecule is CCNCCNC(=O)Cc1cccc(Br)c1. The summed E-state index contributed by atoms with van der Waals surface area (Å²) in [6, 6.07) is 7.80. The van der Waals surface area contributed by atoms with Gasteiger partial charge in [-0.05, 0) is 24.2 Å². The molecule has 0 aliphatic carbocycles. The van der Waals surface area contributed by atoms with Crippen molar-refractivity contribution in [3.8, 4) is 0 Å². The van der Waals surface area contributed by atoms with Gasteiger partial charge in [0, 0.05) is 17.6 Å². The molecule has 0 spiro atoms. The van der Waals surface area contributed by atoms with E-state index in [9.17, 15) is 4.79 Å². The predicted octanol–water partition coefficient (Wildman–Crippen LogP) is 1.72. The average molecular weight is 285 g/mol. The van der Waals surface area contributed by atoms with Crippen LogP contribution < -0.4 is 10.6 Å². The number of nitrogens with one attached hydrogen (secondary N) is 2. The zero-order valence-corrected chi connectivity index (χ0v) is 11.0. The predicted molar refractivity (Wildman–Crippen MR) is 69.4 cm³/mol. The Morgan fingerprint density at radius 3 is 2.88 bits per heavy atom. The molecular weight excluding hydrogens is 268 g/mol. The van der Waals surface area contributed by atoms with Gasteiger partial charge in [0.1, 0.15) is 0 Å². The Balaban J connectivity index is 2.29. The van der Waals surface area contributed by atoms with Crippen LogP contribution in [0.5, 0.6) is 0 Å². The summed E-state index contributed by atoms with van der Waals surface area (Å²) in [4.78, 5) is 11.5. The van der Waals surface area contributed by atoms with E-state index in [0.717, 1.165) is 23.1 Å². The summed E-state index contributed by atoms with van der Waals surface area (Å²) < 4.78 is 1.01. The molecule has 88 valence electrons. The first-order chi connectivity index (χ1) is 7.72. The minimum Gasteiger partial charge on any atom is -0.355 e. The maximum atomic E-state index is 11.5. The molecule has 1 aromatic carbocycles. The number of benzene rings is 1. The van der Waals surface area contributed by atoms with Crippen LogP contribution in [0.25, 0.3) is 0 Å². The first-order valence-electron chi connectivity index (χ1n) is 5.44. The Morgan fingerprint density at radius 2 is 2.19 bits per heavy atom. The van der Waals surface area contributed by atoms with Gasteiger partial charge in [-0.1, -0.05) is 35.0 Å². The lowest BCUT2D eigenvalue weighted by Gasteiger charge is -2.05. The molecular formula is C12H17BrN2O. The van der Waals surface area contributed by atoms with Crippen molar-refractivity contribution in [1.29, 1.82) is 0 Å². The van der Waals surface area contributed by atoms with Gasteiger partial charge in [-0.25, -0.2) is 0 Å². The van der Waals surface area contributed by atoms with Crippen LogP contribution in [0.1, 0.15) is 12.5 Å². The fourth-order valence-electron chi connectivity index (χ4n) is 1.36. The minimum atomic E-state index is 0.0657. The van der Waals surface area contributed by atoms with E-state index in [1.807, 2.05) is 31.2 Å². The molecule has 0 saturated carbocycles. The molecule has 1 aromatic rings. The summed E-state index contributed by atoms with van der Waals surface area (Å²) in [5.41, 5.74) is 1.02. The first-order valence-corrected chi connectivity index (χ1v) is 6.23. The van der Waals surface area contributed by atoms with Crippen molar-refractivity contribution in [2.45, 2.75) is 13.3 Å². The zero-order chi connectivity index (χ0) is 11.8. The molecule has 2 N–H and O–H groups in total. The molecule has 0 radical (unpaired) electrons. The van der Waals surface area contributed by atoms with Crippen LogP contribution in [0.3, 0.4) is 0 Å². The van der Waals surface area contributed by atoms with Crippen LogP contribution in [-0.2, 0) is 11.2 Å². The van der Waals surface area contributed by atoms with Crippen molar-refractivity contribution in [2.24, 2.45) is 0 Å². The number of halogens is 1. The van der Waals surface area contributed by atoms with E-state index in [0.29, 0.717) is 13.0 Å². The molecule has 1 amide bonds. The molecule has 0 aromatic heterocycles. The van der Waals surface area contributed by atoms with E-state index in [4.69, 9.17) is 0 Å². The van der Waals surface area contributed by atoms with E-state index >= 15 is 0 Å². The van der Waals surface area contributed by atoms with Gasteiger partial charge in [0.2, 0.25) is 5.91 Å². The molecule has 0 unspecified atom stereocenters. The molecule has 0 atom stereocenters. The monoisotopic (exact) mass is 284 g/mol. The Kier molecular flexibility index (Phi) is 6.11. The summed E-state index contributed by atoms with van der Waals surface area (Å²) in [6.45, 7) is 4.48. The quantitative estimate of drug-likeness (QED) is 0.781. The lowest BCUT2D eigenvalue weighted by molar-refractivity contribution is -0.120. The third-order valence-corrected chi connectivity index (χ3v) is 2.62. The number of carbonyl (C=O) groups excluding carboxylic acids is 1. The summed E-state index contributed by atoms with van der Waals surface area (Å²) in [7, 11) is 0. The molecule has 3 nitrogen and oxygen atoms in total. The highest BCUT2D eigenvalue weighted by Gasteiger charge is 2.02. The molecule has 0 heterocycles. The summed E-state index contributed by atoms with van der Waals surface area (Å²) >= 11 is 3.38. The van der Waals surface area contributed by atoms with Gasteiger partial charge in [-0.3, -0.25) is 4.79 Å². The van der Waals surface area contributed by atoms with Crippen molar-refractivity contribution in [2.75, 3.05) is 19.6 Å². The minimum absolute atomic E-state index is 0.0657. The second-order valence-corrected chi connectivity index (χ2v) is 4.43. The average Bonchev–Trinajstić information content (AvgIpc) is 2.24. The third-order valence-electron chi connectivity index (χ3n) is 2.13. The van der Waals surface area contributed by atoms with Crippen LogP contribution in [0.15, 0.2) is 28.7 Å². The number of likely N-dealkylation sites (N-methyl/N-ethyl adjacent to an activating group) is 1. The molecule has 0 aliphatic heterocycles. The number of hydrogen-bond donors (Lipinski definition) is 2. The van der Waals surface area contributed by atoms with Gasteiger partial charge < -0.3 is 10.6 Å². The highest BCUT2D eigenvalue weighted by atomic mass is 79.9. The number of carbonyl (C=O) groups is 1. The van der Waals surface area contributed by atoms with Gasteiger partial charge in [0.15, 0.2) is 0 Å². The Labute approximate surface area is 105 Å². The van der Waals surface area contributed by atoms with E-state index in [1.165, 1.54) is 0 Å². The fourth-order valence-corrected chi connectivity index (χ4v) is 1.81. The topological polar surface area (TPSA) is 41.1 Å². The van der Waals surface area contributed by atoms with Crippen molar-refractivity contribution < 1.29 is 4.79 Å². The number of rotatable bonds is 6. The van der Waals surface area contributed by atoms with Crippen LogP contribution in [-0.4, -0.2) is 25.5 Å². The third kappa shape index (κ3) is 5.28. The summed E-state index contributed by atoms with van der Waals surface area (Å²) in [6.07, 6.45) is 0.436. The van der Waals surface area contributed by atoms with E-state index in [1.54, 1.807) is 0 Å².